The first-order valence-corrected chi connectivity index (χ1v) is 6.73. The van der Waals surface area contributed by atoms with Crippen LogP contribution in [0.15, 0.2) is 41.0 Å². The van der Waals surface area contributed by atoms with Crippen LogP contribution in [0.3, 0.4) is 0 Å². The van der Waals surface area contributed by atoms with Crippen LogP contribution in [-0.4, -0.2) is 11.8 Å². The van der Waals surface area contributed by atoms with Crippen molar-refractivity contribution in [1.82, 2.24) is 0 Å². The van der Waals surface area contributed by atoms with Gasteiger partial charge in [-0.1, -0.05) is 13.8 Å². The molecule has 1 heterocycles. The first-order chi connectivity index (χ1) is 9.97. The highest BCUT2D eigenvalue weighted by molar-refractivity contribution is 6.03. The van der Waals surface area contributed by atoms with Crippen LogP contribution in [0.4, 0.5) is 11.4 Å². The van der Waals surface area contributed by atoms with Gasteiger partial charge in [-0.05, 0) is 37.3 Å². The van der Waals surface area contributed by atoms with Crippen LogP contribution in [0.2, 0.25) is 0 Å². The Hall–Kier alpha value is -2.56. The molecule has 110 valence electrons. The molecule has 5 heteroatoms. The van der Waals surface area contributed by atoms with Crippen molar-refractivity contribution >= 4 is 23.2 Å². The largest absolute Gasteiger partial charge is 0.459 e. The number of rotatable bonds is 4. The highest BCUT2D eigenvalue weighted by atomic mass is 16.3. The third-order valence-electron chi connectivity index (χ3n) is 3.00. The van der Waals surface area contributed by atoms with Gasteiger partial charge in [0, 0.05) is 22.9 Å². The minimum absolute atomic E-state index is 0.0435. The van der Waals surface area contributed by atoms with E-state index in [1.165, 1.54) is 6.26 Å². The molecule has 2 N–H and O–H groups in total. The van der Waals surface area contributed by atoms with Crippen molar-refractivity contribution in [1.29, 1.82) is 0 Å². The van der Waals surface area contributed by atoms with Gasteiger partial charge in [0.25, 0.3) is 5.91 Å². The van der Waals surface area contributed by atoms with Crippen LogP contribution >= 0.6 is 0 Å². The molecule has 0 saturated carbocycles. The molecule has 0 fully saturated rings. The van der Waals surface area contributed by atoms with Crippen molar-refractivity contribution in [3.8, 4) is 0 Å². The SMILES string of the molecule is Cc1ccoc1C(=O)Nc1ccc(NC(=O)C(C)C)cc1. The van der Waals surface area contributed by atoms with Gasteiger partial charge in [0.1, 0.15) is 0 Å². The van der Waals surface area contributed by atoms with E-state index in [9.17, 15) is 9.59 Å². The molecule has 1 aromatic heterocycles. The van der Waals surface area contributed by atoms with Crippen molar-refractivity contribution in [2.45, 2.75) is 20.8 Å². The Balaban J connectivity index is 2.01. The van der Waals surface area contributed by atoms with Crippen LogP contribution in [0.25, 0.3) is 0 Å². The standard InChI is InChI=1S/C16H18N2O3/c1-10(2)15(19)17-12-4-6-13(7-5-12)18-16(20)14-11(3)8-9-21-14/h4-10H,1-3H3,(H,17,19)(H,18,20). The van der Waals surface area contributed by atoms with E-state index >= 15 is 0 Å². The summed E-state index contributed by atoms with van der Waals surface area (Å²) in [5.74, 6) is -0.118. The van der Waals surface area contributed by atoms with E-state index in [4.69, 9.17) is 4.42 Å². The number of carbonyl (C=O) groups excluding carboxylic acids is 2. The smallest absolute Gasteiger partial charge is 0.291 e. The number of benzene rings is 1. The number of nitrogens with one attached hydrogen (secondary N) is 2. The average molecular weight is 286 g/mol. The number of anilines is 2. The Labute approximate surface area is 123 Å². The fraction of sp³-hybridized carbons (Fsp3) is 0.250. The molecule has 0 aliphatic carbocycles. The molecule has 2 rings (SSSR count). The maximum Gasteiger partial charge on any atom is 0.291 e. The number of amides is 2. The predicted molar refractivity (Wildman–Crippen MR) is 81.3 cm³/mol. The lowest BCUT2D eigenvalue weighted by molar-refractivity contribution is -0.118. The highest BCUT2D eigenvalue weighted by Crippen LogP contribution is 2.16. The molecule has 0 unspecified atom stereocenters. The molecule has 2 amide bonds. The maximum absolute atomic E-state index is 12.0. The summed E-state index contributed by atoms with van der Waals surface area (Å²) in [7, 11) is 0. The number of aryl methyl sites for hydroxylation is 1. The van der Waals surface area contributed by atoms with Gasteiger partial charge in [-0.15, -0.1) is 0 Å². The Kier molecular flexibility index (Phi) is 4.42. The normalized spacial score (nSPS) is 10.5. The lowest BCUT2D eigenvalue weighted by Gasteiger charge is -2.09. The molecule has 0 atom stereocenters. The summed E-state index contributed by atoms with van der Waals surface area (Å²) in [4.78, 5) is 23.5. The van der Waals surface area contributed by atoms with Gasteiger partial charge < -0.3 is 15.1 Å². The highest BCUT2D eigenvalue weighted by Gasteiger charge is 2.12. The molecule has 0 bridgehead atoms. The summed E-state index contributed by atoms with van der Waals surface area (Å²) in [6.45, 7) is 5.47. The van der Waals surface area contributed by atoms with Crippen LogP contribution in [-0.2, 0) is 4.79 Å². The van der Waals surface area contributed by atoms with E-state index in [0.717, 1.165) is 5.56 Å². The average Bonchev–Trinajstić information content (AvgIpc) is 2.87. The zero-order chi connectivity index (χ0) is 15.4. The first kappa shape index (κ1) is 14.8. The first-order valence-electron chi connectivity index (χ1n) is 6.73. The minimum Gasteiger partial charge on any atom is -0.459 e. The molecule has 0 saturated heterocycles. The maximum atomic E-state index is 12.0. The van der Waals surface area contributed by atoms with Crippen LogP contribution < -0.4 is 10.6 Å². The lowest BCUT2D eigenvalue weighted by atomic mass is 10.2. The topological polar surface area (TPSA) is 71.3 Å². The summed E-state index contributed by atoms with van der Waals surface area (Å²) in [5, 5.41) is 5.53. The van der Waals surface area contributed by atoms with Crippen molar-refractivity contribution < 1.29 is 14.0 Å². The van der Waals surface area contributed by atoms with Gasteiger partial charge in [0.2, 0.25) is 5.91 Å². The summed E-state index contributed by atoms with van der Waals surface area (Å²) in [6, 6.07) is 8.67. The van der Waals surface area contributed by atoms with Crippen molar-refractivity contribution in [3.63, 3.8) is 0 Å². The van der Waals surface area contributed by atoms with Crippen molar-refractivity contribution in [3.05, 3.63) is 47.9 Å². The molecule has 21 heavy (non-hydrogen) atoms. The van der Waals surface area contributed by atoms with E-state index < -0.39 is 0 Å². The number of carbonyl (C=O) groups is 2. The third kappa shape index (κ3) is 3.72. The molecule has 5 nitrogen and oxygen atoms in total. The fourth-order valence-corrected chi connectivity index (χ4v) is 1.72. The molecule has 0 radical (unpaired) electrons. The predicted octanol–water partition coefficient (Wildman–Crippen LogP) is 3.43. The Bertz CT molecular complexity index is 642. The molecule has 2 aromatic rings. The fourth-order valence-electron chi connectivity index (χ4n) is 1.72. The van der Waals surface area contributed by atoms with Gasteiger partial charge >= 0.3 is 0 Å². The van der Waals surface area contributed by atoms with Gasteiger partial charge in [-0.3, -0.25) is 9.59 Å². The van der Waals surface area contributed by atoms with Crippen LogP contribution in [0.5, 0.6) is 0 Å². The van der Waals surface area contributed by atoms with E-state index in [1.54, 1.807) is 30.3 Å². The van der Waals surface area contributed by atoms with E-state index in [2.05, 4.69) is 10.6 Å². The number of hydrogen-bond donors (Lipinski definition) is 2. The quantitative estimate of drug-likeness (QED) is 0.904. The number of hydrogen-bond acceptors (Lipinski definition) is 3. The van der Waals surface area contributed by atoms with Gasteiger partial charge in [0.05, 0.1) is 6.26 Å². The minimum atomic E-state index is -0.295. The van der Waals surface area contributed by atoms with Crippen molar-refractivity contribution in [2.24, 2.45) is 5.92 Å². The van der Waals surface area contributed by atoms with E-state index in [1.807, 2.05) is 20.8 Å². The molecule has 0 aliphatic rings. The Morgan fingerprint density at radius 2 is 1.57 bits per heavy atom. The van der Waals surface area contributed by atoms with Gasteiger partial charge in [-0.25, -0.2) is 0 Å². The lowest BCUT2D eigenvalue weighted by Crippen LogP contribution is -2.17. The summed E-state index contributed by atoms with van der Waals surface area (Å²) < 4.78 is 5.13. The van der Waals surface area contributed by atoms with Crippen LogP contribution in [0, 0.1) is 12.8 Å². The number of furan rings is 1. The summed E-state index contributed by atoms with van der Waals surface area (Å²) >= 11 is 0. The summed E-state index contributed by atoms with van der Waals surface area (Å²) in [5.41, 5.74) is 2.12. The molecular formula is C16H18N2O3. The Morgan fingerprint density at radius 3 is 2.05 bits per heavy atom. The molecular weight excluding hydrogens is 268 g/mol. The van der Waals surface area contributed by atoms with Gasteiger partial charge in [0.15, 0.2) is 5.76 Å². The molecule has 0 spiro atoms. The third-order valence-corrected chi connectivity index (χ3v) is 3.00. The second kappa shape index (κ2) is 6.26. The second-order valence-corrected chi connectivity index (χ2v) is 5.11. The zero-order valence-electron chi connectivity index (χ0n) is 12.3. The molecule has 1 aromatic carbocycles. The Morgan fingerprint density at radius 1 is 1.00 bits per heavy atom. The zero-order valence-corrected chi connectivity index (χ0v) is 12.3. The van der Waals surface area contributed by atoms with Gasteiger partial charge in [-0.2, -0.15) is 0 Å². The summed E-state index contributed by atoms with van der Waals surface area (Å²) in [6.07, 6.45) is 1.48. The second-order valence-electron chi connectivity index (χ2n) is 5.11. The monoisotopic (exact) mass is 286 g/mol. The molecule has 0 aliphatic heterocycles. The van der Waals surface area contributed by atoms with Crippen LogP contribution in [0.1, 0.15) is 30.0 Å². The van der Waals surface area contributed by atoms with E-state index in [-0.39, 0.29) is 17.7 Å². The van der Waals surface area contributed by atoms with E-state index in [0.29, 0.717) is 17.1 Å². The van der Waals surface area contributed by atoms with Crippen molar-refractivity contribution in [2.75, 3.05) is 10.6 Å².